The van der Waals surface area contributed by atoms with Crippen LogP contribution < -0.4 is 4.90 Å². The lowest BCUT2D eigenvalue weighted by Crippen LogP contribution is -2.27. The minimum absolute atomic E-state index is 0.189. The number of hydrogen-bond acceptors (Lipinski definition) is 3. The lowest BCUT2D eigenvalue weighted by molar-refractivity contribution is -0.141. The minimum atomic E-state index is -0.189. The number of benzene rings is 1. The molecule has 1 aromatic carbocycles. The molecule has 1 atom stereocenters. The van der Waals surface area contributed by atoms with Gasteiger partial charge in [-0.25, -0.2) is 0 Å². The molecule has 0 aliphatic heterocycles. The Kier molecular flexibility index (Phi) is 5.69. The highest BCUT2D eigenvalue weighted by Gasteiger charge is 2.09. The van der Waals surface area contributed by atoms with Crippen molar-refractivity contribution in [2.75, 3.05) is 25.1 Å². The summed E-state index contributed by atoms with van der Waals surface area (Å²) < 4.78 is 4.93. The third-order valence-corrected chi connectivity index (χ3v) is 3.19. The second-order valence-corrected chi connectivity index (χ2v) is 4.56. The van der Waals surface area contributed by atoms with Gasteiger partial charge in [-0.3, -0.25) is 4.79 Å². The van der Waals surface area contributed by atoms with Crippen LogP contribution in [0.5, 0.6) is 0 Å². The Hall–Kier alpha value is -1.51. The third kappa shape index (κ3) is 4.06. The maximum absolute atomic E-state index is 11.4. The van der Waals surface area contributed by atoms with Crippen LogP contribution in [0.4, 0.5) is 5.69 Å². The summed E-state index contributed by atoms with van der Waals surface area (Å²) in [4.78, 5) is 13.3. The standard InChI is InChI=1S/C15H23NO2/c1-5-12(3)13-7-9-14(10-8-13)16(4)11-15(17)18-6-2/h7-10,12H,5-6,11H2,1-4H3. The normalized spacial score (nSPS) is 12.0. The van der Waals surface area contributed by atoms with Gasteiger partial charge in [-0.05, 0) is 37.0 Å². The smallest absolute Gasteiger partial charge is 0.325 e. The van der Waals surface area contributed by atoms with Crippen molar-refractivity contribution in [3.63, 3.8) is 0 Å². The van der Waals surface area contributed by atoms with Crippen LogP contribution in [0.2, 0.25) is 0 Å². The number of esters is 1. The van der Waals surface area contributed by atoms with E-state index in [0.717, 1.165) is 12.1 Å². The van der Waals surface area contributed by atoms with Gasteiger partial charge in [-0.2, -0.15) is 0 Å². The van der Waals surface area contributed by atoms with Crippen molar-refractivity contribution in [2.24, 2.45) is 0 Å². The summed E-state index contributed by atoms with van der Waals surface area (Å²) in [7, 11) is 1.90. The highest BCUT2D eigenvalue weighted by atomic mass is 16.5. The molecule has 0 fully saturated rings. The van der Waals surface area contributed by atoms with Gasteiger partial charge in [0.15, 0.2) is 0 Å². The number of nitrogens with zero attached hydrogens (tertiary/aromatic N) is 1. The number of carbonyl (C=O) groups excluding carboxylic acids is 1. The van der Waals surface area contributed by atoms with Crippen molar-refractivity contribution < 1.29 is 9.53 Å². The molecular weight excluding hydrogens is 226 g/mol. The Morgan fingerprint density at radius 1 is 1.28 bits per heavy atom. The molecule has 0 radical (unpaired) electrons. The molecule has 0 N–H and O–H groups in total. The van der Waals surface area contributed by atoms with Gasteiger partial charge in [0.25, 0.3) is 0 Å². The Morgan fingerprint density at radius 3 is 2.39 bits per heavy atom. The van der Waals surface area contributed by atoms with E-state index in [2.05, 4.69) is 38.1 Å². The van der Waals surface area contributed by atoms with E-state index in [1.54, 1.807) is 0 Å². The highest BCUT2D eigenvalue weighted by Crippen LogP contribution is 2.21. The molecule has 18 heavy (non-hydrogen) atoms. The molecule has 0 spiro atoms. The SMILES string of the molecule is CCOC(=O)CN(C)c1ccc(C(C)CC)cc1. The van der Waals surface area contributed by atoms with Crippen LogP contribution in [-0.4, -0.2) is 26.2 Å². The second kappa shape index (κ2) is 7.04. The summed E-state index contributed by atoms with van der Waals surface area (Å²) in [5, 5.41) is 0. The zero-order chi connectivity index (χ0) is 13.5. The van der Waals surface area contributed by atoms with Crippen molar-refractivity contribution >= 4 is 11.7 Å². The Labute approximate surface area is 110 Å². The van der Waals surface area contributed by atoms with E-state index in [9.17, 15) is 4.79 Å². The number of ether oxygens (including phenoxy) is 1. The predicted octanol–water partition coefficient (Wildman–Crippen LogP) is 3.20. The number of carbonyl (C=O) groups is 1. The zero-order valence-corrected chi connectivity index (χ0v) is 11.8. The fourth-order valence-corrected chi connectivity index (χ4v) is 1.78. The maximum Gasteiger partial charge on any atom is 0.325 e. The minimum Gasteiger partial charge on any atom is -0.465 e. The van der Waals surface area contributed by atoms with E-state index in [0.29, 0.717) is 12.5 Å². The molecule has 0 saturated carbocycles. The lowest BCUT2D eigenvalue weighted by atomic mass is 9.98. The topological polar surface area (TPSA) is 29.5 Å². The molecule has 0 amide bonds. The van der Waals surface area contributed by atoms with Gasteiger partial charge in [0.2, 0.25) is 0 Å². The average Bonchev–Trinajstić information content (AvgIpc) is 2.38. The van der Waals surface area contributed by atoms with E-state index < -0.39 is 0 Å². The van der Waals surface area contributed by atoms with Crippen molar-refractivity contribution in [1.82, 2.24) is 0 Å². The predicted molar refractivity (Wildman–Crippen MR) is 75.1 cm³/mol. The van der Waals surface area contributed by atoms with Gasteiger partial charge in [0.05, 0.1) is 6.61 Å². The number of rotatable bonds is 6. The van der Waals surface area contributed by atoms with Crippen molar-refractivity contribution in [1.29, 1.82) is 0 Å². The van der Waals surface area contributed by atoms with Crippen LogP contribution in [0.1, 0.15) is 38.7 Å². The van der Waals surface area contributed by atoms with Gasteiger partial charge in [0, 0.05) is 12.7 Å². The molecule has 3 nitrogen and oxygen atoms in total. The average molecular weight is 249 g/mol. The van der Waals surface area contributed by atoms with Gasteiger partial charge < -0.3 is 9.64 Å². The first-order valence-corrected chi connectivity index (χ1v) is 6.55. The summed E-state index contributed by atoms with van der Waals surface area (Å²) in [5.41, 5.74) is 2.38. The molecule has 0 saturated heterocycles. The van der Waals surface area contributed by atoms with Crippen LogP contribution in [0, 0.1) is 0 Å². The quantitative estimate of drug-likeness (QED) is 0.725. The molecule has 0 aromatic heterocycles. The van der Waals surface area contributed by atoms with Gasteiger partial charge in [-0.1, -0.05) is 26.0 Å². The molecule has 0 aliphatic carbocycles. The molecule has 3 heteroatoms. The molecule has 0 aliphatic rings. The van der Waals surface area contributed by atoms with Crippen molar-refractivity contribution in [3.8, 4) is 0 Å². The maximum atomic E-state index is 11.4. The fourth-order valence-electron chi connectivity index (χ4n) is 1.78. The Bertz CT molecular complexity index is 373. The number of anilines is 1. The summed E-state index contributed by atoms with van der Waals surface area (Å²) in [6.45, 7) is 6.94. The summed E-state index contributed by atoms with van der Waals surface area (Å²) >= 11 is 0. The summed E-state index contributed by atoms with van der Waals surface area (Å²) in [5.74, 6) is 0.389. The molecular formula is C15H23NO2. The van der Waals surface area contributed by atoms with E-state index in [1.165, 1.54) is 5.56 Å². The van der Waals surface area contributed by atoms with E-state index in [4.69, 9.17) is 4.74 Å². The second-order valence-electron chi connectivity index (χ2n) is 4.56. The van der Waals surface area contributed by atoms with E-state index in [1.807, 2.05) is 18.9 Å². The van der Waals surface area contributed by atoms with Crippen LogP contribution >= 0.6 is 0 Å². The van der Waals surface area contributed by atoms with Crippen LogP contribution in [-0.2, 0) is 9.53 Å². The first kappa shape index (κ1) is 14.6. The van der Waals surface area contributed by atoms with Crippen LogP contribution in [0.3, 0.4) is 0 Å². The molecule has 100 valence electrons. The van der Waals surface area contributed by atoms with Gasteiger partial charge >= 0.3 is 5.97 Å². The number of likely N-dealkylation sites (N-methyl/N-ethyl adjacent to an activating group) is 1. The molecule has 0 bridgehead atoms. The lowest BCUT2D eigenvalue weighted by Gasteiger charge is -2.19. The van der Waals surface area contributed by atoms with Crippen molar-refractivity contribution in [3.05, 3.63) is 29.8 Å². The fraction of sp³-hybridized carbons (Fsp3) is 0.533. The van der Waals surface area contributed by atoms with Crippen molar-refractivity contribution in [2.45, 2.75) is 33.1 Å². The van der Waals surface area contributed by atoms with Crippen LogP contribution in [0.15, 0.2) is 24.3 Å². The Morgan fingerprint density at radius 2 is 1.89 bits per heavy atom. The first-order chi connectivity index (χ1) is 8.58. The monoisotopic (exact) mass is 249 g/mol. The number of hydrogen-bond donors (Lipinski definition) is 0. The largest absolute Gasteiger partial charge is 0.465 e. The first-order valence-electron chi connectivity index (χ1n) is 6.55. The summed E-state index contributed by atoms with van der Waals surface area (Å²) in [6.07, 6.45) is 1.14. The molecule has 0 heterocycles. The van der Waals surface area contributed by atoms with Crippen LogP contribution in [0.25, 0.3) is 0 Å². The van der Waals surface area contributed by atoms with Gasteiger partial charge in [-0.15, -0.1) is 0 Å². The zero-order valence-electron chi connectivity index (χ0n) is 11.8. The Balaban J connectivity index is 2.64. The van der Waals surface area contributed by atoms with E-state index >= 15 is 0 Å². The van der Waals surface area contributed by atoms with E-state index in [-0.39, 0.29) is 12.5 Å². The molecule has 1 rings (SSSR count). The third-order valence-electron chi connectivity index (χ3n) is 3.19. The van der Waals surface area contributed by atoms with Gasteiger partial charge in [0.1, 0.15) is 6.54 Å². The molecule has 1 unspecified atom stereocenters. The molecule has 1 aromatic rings. The highest BCUT2D eigenvalue weighted by molar-refractivity contribution is 5.75. The summed E-state index contributed by atoms with van der Waals surface area (Å²) in [6, 6.07) is 8.37.